The highest BCUT2D eigenvalue weighted by atomic mass is 32.2. The quantitative estimate of drug-likeness (QED) is 0.686. The number of rotatable bonds is 7. The van der Waals surface area contributed by atoms with Gasteiger partial charge in [-0.25, -0.2) is 8.42 Å². The minimum Gasteiger partial charge on any atom is -0.497 e. The van der Waals surface area contributed by atoms with Crippen molar-refractivity contribution in [3.8, 4) is 23.8 Å². The number of sulfonamides is 1. The molecular formula is C22H24N2O5S. The second kappa shape index (κ2) is 9.20. The lowest BCUT2D eigenvalue weighted by Gasteiger charge is -2.27. The molecule has 0 unspecified atom stereocenters. The van der Waals surface area contributed by atoms with E-state index in [1.54, 1.807) is 37.3 Å². The average molecular weight is 429 g/mol. The van der Waals surface area contributed by atoms with Crippen LogP contribution in [0.4, 0.5) is 0 Å². The summed E-state index contributed by atoms with van der Waals surface area (Å²) in [5, 5.41) is 0. The topological polar surface area (TPSA) is 84.9 Å². The van der Waals surface area contributed by atoms with Crippen molar-refractivity contribution in [2.24, 2.45) is 0 Å². The maximum Gasteiger partial charge on any atom is 0.254 e. The van der Waals surface area contributed by atoms with Gasteiger partial charge in [-0.1, -0.05) is 12.0 Å². The number of likely N-dealkylation sites (tertiary alicyclic amines) is 1. The summed E-state index contributed by atoms with van der Waals surface area (Å²) >= 11 is 0. The van der Waals surface area contributed by atoms with Crippen molar-refractivity contribution in [2.75, 3.05) is 27.3 Å². The van der Waals surface area contributed by atoms with Crippen molar-refractivity contribution < 1.29 is 22.7 Å². The molecule has 30 heavy (non-hydrogen) atoms. The highest BCUT2D eigenvalue weighted by Crippen LogP contribution is 2.39. The third-order valence-corrected chi connectivity index (χ3v) is 6.47. The molecule has 0 aliphatic carbocycles. The number of methoxy groups -OCH3 is 2. The number of benzene rings is 2. The number of nitrogens with zero attached hydrogens (tertiary/aromatic N) is 1. The Morgan fingerprint density at radius 2 is 2.03 bits per heavy atom. The van der Waals surface area contributed by atoms with Crippen molar-refractivity contribution >= 4 is 15.9 Å². The van der Waals surface area contributed by atoms with Gasteiger partial charge in [0, 0.05) is 23.7 Å². The van der Waals surface area contributed by atoms with Gasteiger partial charge in [0.2, 0.25) is 10.0 Å². The molecule has 1 fully saturated rings. The lowest BCUT2D eigenvalue weighted by molar-refractivity contribution is 0.0734. The zero-order valence-electron chi connectivity index (χ0n) is 16.9. The first-order chi connectivity index (χ1) is 14.4. The normalized spacial score (nSPS) is 16.2. The smallest absolute Gasteiger partial charge is 0.254 e. The molecule has 0 bridgehead atoms. The van der Waals surface area contributed by atoms with E-state index in [4.69, 9.17) is 15.9 Å². The van der Waals surface area contributed by atoms with Gasteiger partial charge in [0.25, 0.3) is 5.91 Å². The Morgan fingerprint density at radius 1 is 1.23 bits per heavy atom. The van der Waals surface area contributed by atoms with Crippen LogP contribution in [0, 0.1) is 12.3 Å². The molecule has 0 spiro atoms. The van der Waals surface area contributed by atoms with Gasteiger partial charge in [0.05, 0.1) is 31.7 Å². The SMILES string of the molecule is C#CCNS(=O)(=O)c1cccc(C(=O)N2CCC[C@H]2c2ccc(OC)cc2OC)c1. The summed E-state index contributed by atoms with van der Waals surface area (Å²) in [5.74, 6) is 3.32. The standard InChI is InChI=1S/C22H24N2O5S/c1-4-12-23-30(26,27)18-8-5-7-16(14-18)22(25)24-13-6-9-20(24)19-11-10-17(28-2)15-21(19)29-3/h1,5,7-8,10-11,14-15,20,23H,6,9,12-13H2,2-3H3/t20-/m0/s1. The molecule has 1 aliphatic heterocycles. The highest BCUT2D eigenvalue weighted by molar-refractivity contribution is 7.89. The Labute approximate surface area is 177 Å². The Kier molecular flexibility index (Phi) is 6.65. The maximum absolute atomic E-state index is 13.3. The molecule has 1 saturated heterocycles. The van der Waals surface area contributed by atoms with Crippen molar-refractivity contribution in [3.63, 3.8) is 0 Å². The van der Waals surface area contributed by atoms with Crippen LogP contribution in [-0.4, -0.2) is 46.5 Å². The van der Waals surface area contributed by atoms with E-state index in [1.807, 2.05) is 12.1 Å². The molecule has 2 aromatic rings. The Hall–Kier alpha value is -3.02. The zero-order valence-corrected chi connectivity index (χ0v) is 17.7. The van der Waals surface area contributed by atoms with Gasteiger partial charge in [0.15, 0.2) is 0 Å². The van der Waals surface area contributed by atoms with Crippen molar-refractivity contribution in [1.29, 1.82) is 0 Å². The Morgan fingerprint density at radius 3 is 2.73 bits per heavy atom. The van der Waals surface area contributed by atoms with Gasteiger partial charge in [-0.2, -0.15) is 4.72 Å². The van der Waals surface area contributed by atoms with E-state index in [1.165, 1.54) is 12.1 Å². The Balaban J connectivity index is 1.90. The molecule has 0 aromatic heterocycles. The van der Waals surface area contributed by atoms with Crippen molar-refractivity contribution in [3.05, 3.63) is 53.6 Å². The average Bonchev–Trinajstić information content (AvgIpc) is 3.26. The predicted octanol–water partition coefficient (Wildman–Crippen LogP) is 2.59. The van der Waals surface area contributed by atoms with Crippen molar-refractivity contribution in [2.45, 2.75) is 23.8 Å². The summed E-state index contributed by atoms with van der Waals surface area (Å²) in [6, 6.07) is 11.3. The molecule has 1 aliphatic rings. The van der Waals surface area contributed by atoms with E-state index in [0.29, 0.717) is 23.6 Å². The van der Waals surface area contributed by atoms with Crippen molar-refractivity contribution in [1.82, 2.24) is 9.62 Å². The van der Waals surface area contributed by atoms with E-state index in [0.717, 1.165) is 18.4 Å². The minimum atomic E-state index is -3.78. The number of nitrogens with one attached hydrogen (secondary N) is 1. The van der Waals surface area contributed by atoms with E-state index < -0.39 is 10.0 Å². The monoisotopic (exact) mass is 428 g/mol. The Bertz CT molecular complexity index is 1080. The number of carbonyl (C=O) groups excluding carboxylic acids is 1. The molecular weight excluding hydrogens is 404 g/mol. The van der Waals surface area contributed by atoms with Crippen LogP contribution in [0.1, 0.15) is 34.8 Å². The van der Waals surface area contributed by atoms with Gasteiger partial charge in [0.1, 0.15) is 11.5 Å². The zero-order chi connectivity index (χ0) is 21.7. The summed E-state index contributed by atoms with van der Waals surface area (Å²) in [5.41, 5.74) is 1.20. The first-order valence-corrected chi connectivity index (χ1v) is 11.0. The molecule has 8 heteroatoms. The molecule has 0 radical (unpaired) electrons. The molecule has 1 atom stereocenters. The lowest BCUT2D eigenvalue weighted by Crippen LogP contribution is -2.31. The van der Waals surface area contributed by atoms with Gasteiger partial charge >= 0.3 is 0 Å². The molecule has 3 rings (SSSR count). The largest absolute Gasteiger partial charge is 0.497 e. The number of ether oxygens (including phenoxy) is 2. The lowest BCUT2D eigenvalue weighted by atomic mass is 10.0. The number of terminal acetylenes is 1. The van der Waals surface area contributed by atoms with Crippen LogP contribution in [0.15, 0.2) is 47.4 Å². The number of hydrogen-bond acceptors (Lipinski definition) is 5. The molecule has 0 saturated carbocycles. The predicted molar refractivity (Wildman–Crippen MR) is 113 cm³/mol. The summed E-state index contributed by atoms with van der Waals surface area (Å²) in [6.45, 7) is 0.455. The van der Waals surface area contributed by atoms with Crippen LogP contribution in [-0.2, 0) is 10.0 Å². The number of carbonyl (C=O) groups is 1. The first-order valence-electron chi connectivity index (χ1n) is 9.47. The fourth-order valence-corrected chi connectivity index (χ4v) is 4.59. The molecule has 1 heterocycles. The van der Waals surface area contributed by atoms with Crippen LogP contribution in [0.3, 0.4) is 0 Å². The summed E-state index contributed by atoms with van der Waals surface area (Å²) < 4.78 is 37.8. The summed E-state index contributed by atoms with van der Waals surface area (Å²) in [7, 11) is -0.620. The van der Waals surface area contributed by atoms with E-state index in [2.05, 4.69) is 10.6 Å². The van der Waals surface area contributed by atoms with Crippen LogP contribution in [0.2, 0.25) is 0 Å². The third kappa shape index (κ3) is 4.42. The molecule has 2 aromatic carbocycles. The molecule has 7 nitrogen and oxygen atoms in total. The summed E-state index contributed by atoms with van der Waals surface area (Å²) in [6.07, 6.45) is 6.76. The second-order valence-corrected chi connectivity index (χ2v) is 8.59. The first kappa shape index (κ1) is 21.7. The van der Waals surface area contributed by atoms with E-state index in [-0.39, 0.29) is 23.4 Å². The fraction of sp³-hybridized carbons (Fsp3) is 0.318. The third-order valence-electron chi connectivity index (χ3n) is 5.07. The summed E-state index contributed by atoms with van der Waals surface area (Å²) in [4.78, 5) is 15.0. The molecule has 1 N–H and O–H groups in total. The molecule has 158 valence electrons. The minimum absolute atomic E-state index is 0.00127. The van der Waals surface area contributed by atoms with Crippen LogP contribution < -0.4 is 14.2 Å². The van der Waals surface area contributed by atoms with Crippen LogP contribution in [0.25, 0.3) is 0 Å². The van der Waals surface area contributed by atoms with Gasteiger partial charge in [-0.3, -0.25) is 4.79 Å². The fourth-order valence-electron chi connectivity index (χ4n) is 3.61. The second-order valence-electron chi connectivity index (χ2n) is 6.82. The van der Waals surface area contributed by atoms with Crippen LogP contribution in [0.5, 0.6) is 11.5 Å². The maximum atomic E-state index is 13.3. The van der Waals surface area contributed by atoms with E-state index >= 15 is 0 Å². The number of hydrogen-bond donors (Lipinski definition) is 1. The van der Waals surface area contributed by atoms with Gasteiger partial charge < -0.3 is 14.4 Å². The highest BCUT2D eigenvalue weighted by Gasteiger charge is 2.33. The number of amides is 1. The van der Waals surface area contributed by atoms with Gasteiger partial charge in [-0.05, 0) is 43.2 Å². The molecule has 1 amide bonds. The van der Waals surface area contributed by atoms with E-state index in [9.17, 15) is 13.2 Å². The van der Waals surface area contributed by atoms with Crippen LogP contribution >= 0.6 is 0 Å². The van der Waals surface area contributed by atoms with Gasteiger partial charge in [-0.15, -0.1) is 6.42 Å².